The Labute approximate surface area is 191 Å². The predicted molar refractivity (Wildman–Crippen MR) is 111 cm³/mol. The Morgan fingerprint density at radius 3 is 2.15 bits per heavy atom. The summed E-state index contributed by atoms with van der Waals surface area (Å²) in [6, 6.07) is 2.48. The van der Waals surface area contributed by atoms with E-state index < -0.39 is 51.3 Å². The average molecular weight is 534 g/mol. The normalized spacial score (nSPS) is 15.0. The lowest BCUT2D eigenvalue weighted by Gasteiger charge is -2.15. The van der Waals surface area contributed by atoms with Gasteiger partial charge in [-0.25, -0.2) is 22.0 Å². The van der Waals surface area contributed by atoms with E-state index in [-0.39, 0.29) is 38.2 Å². The molecule has 0 aromatic heterocycles. The molecule has 2 aromatic carbocycles. The topological polar surface area (TPSA) is 85.0 Å². The first-order chi connectivity index (χ1) is 15.3. The molecule has 1 heterocycles. The molecule has 13 heteroatoms. The minimum atomic E-state index is -2.38. The van der Waals surface area contributed by atoms with Crippen molar-refractivity contribution in [2.45, 2.75) is 26.9 Å². The molecule has 0 aliphatic carbocycles. The van der Waals surface area contributed by atoms with E-state index in [4.69, 9.17) is 4.74 Å². The van der Waals surface area contributed by atoms with Crippen LogP contribution in [-0.4, -0.2) is 22.6 Å². The van der Waals surface area contributed by atoms with Gasteiger partial charge in [-0.3, -0.25) is 14.9 Å². The Hall–Kier alpha value is -3.35. The number of anilines is 1. The van der Waals surface area contributed by atoms with Gasteiger partial charge >= 0.3 is 5.69 Å². The summed E-state index contributed by atoms with van der Waals surface area (Å²) in [6.45, 7) is 4.59. The molecule has 2 aromatic rings. The van der Waals surface area contributed by atoms with Gasteiger partial charge in [0.15, 0.2) is 23.3 Å². The van der Waals surface area contributed by atoms with Crippen LogP contribution in [0.25, 0.3) is 6.08 Å². The SMILES string of the molecule is CC1=NN(c2c(F)c(F)c(F)c(F)c2F)C(=O)/C1=C\c1cc(Br)c(OC(C)C)c([N+](=O)[O-])c1. The summed E-state index contributed by atoms with van der Waals surface area (Å²) in [7, 11) is 0. The second-order valence-electron chi connectivity index (χ2n) is 7.05. The molecular weight excluding hydrogens is 521 g/mol. The fourth-order valence-corrected chi connectivity index (χ4v) is 3.51. The molecule has 1 aliphatic rings. The van der Waals surface area contributed by atoms with Gasteiger partial charge in [-0.15, -0.1) is 0 Å². The number of nitro groups is 1. The molecule has 0 saturated carbocycles. The molecule has 0 saturated heterocycles. The van der Waals surface area contributed by atoms with Crippen molar-refractivity contribution < 1.29 is 36.4 Å². The van der Waals surface area contributed by atoms with Crippen molar-refractivity contribution in [1.82, 2.24) is 0 Å². The summed E-state index contributed by atoms with van der Waals surface area (Å²) in [5.41, 5.74) is -2.25. The van der Waals surface area contributed by atoms with E-state index in [0.717, 1.165) is 12.1 Å². The summed E-state index contributed by atoms with van der Waals surface area (Å²) in [6.07, 6.45) is 0.745. The van der Waals surface area contributed by atoms with Gasteiger partial charge in [0.1, 0.15) is 5.69 Å². The van der Waals surface area contributed by atoms with Crippen molar-refractivity contribution in [3.8, 4) is 5.75 Å². The molecule has 33 heavy (non-hydrogen) atoms. The zero-order valence-corrected chi connectivity index (χ0v) is 18.6. The van der Waals surface area contributed by atoms with Gasteiger partial charge in [-0.2, -0.15) is 10.1 Å². The summed E-state index contributed by atoms with van der Waals surface area (Å²) < 4.78 is 74.4. The van der Waals surface area contributed by atoms with E-state index in [0.29, 0.717) is 0 Å². The van der Waals surface area contributed by atoms with Gasteiger partial charge in [0.25, 0.3) is 5.91 Å². The Morgan fingerprint density at radius 2 is 1.64 bits per heavy atom. The highest BCUT2D eigenvalue weighted by Gasteiger charge is 2.37. The maximum Gasteiger partial charge on any atom is 0.312 e. The average Bonchev–Trinajstić information content (AvgIpc) is 3.00. The quantitative estimate of drug-likeness (QED) is 0.124. The third-order valence-electron chi connectivity index (χ3n) is 4.37. The number of hydrogen-bond acceptors (Lipinski definition) is 5. The van der Waals surface area contributed by atoms with Crippen molar-refractivity contribution in [2.24, 2.45) is 5.10 Å². The minimum Gasteiger partial charge on any atom is -0.483 e. The maximum atomic E-state index is 14.2. The van der Waals surface area contributed by atoms with Crippen molar-refractivity contribution in [2.75, 3.05) is 5.01 Å². The summed E-state index contributed by atoms with van der Waals surface area (Å²) in [5, 5.41) is 15.1. The second-order valence-corrected chi connectivity index (χ2v) is 7.91. The molecule has 1 aliphatic heterocycles. The molecule has 0 radical (unpaired) electrons. The molecule has 174 valence electrons. The highest BCUT2D eigenvalue weighted by atomic mass is 79.9. The highest BCUT2D eigenvalue weighted by molar-refractivity contribution is 9.10. The number of carbonyl (C=O) groups is 1. The van der Waals surface area contributed by atoms with Crippen LogP contribution in [0.3, 0.4) is 0 Å². The Kier molecular flexibility index (Phi) is 6.54. The Morgan fingerprint density at radius 1 is 1.09 bits per heavy atom. The van der Waals surface area contributed by atoms with E-state index >= 15 is 0 Å². The number of amides is 1. The fourth-order valence-electron chi connectivity index (χ4n) is 2.95. The van der Waals surface area contributed by atoms with Crippen LogP contribution in [0.15, 0.2) is 27.3 Å². The first-order valence-electron chi connectivity index (χ1n) is 9.12. The maximum absolute atomic E-state index is 14.2. The van der Waals surface area contributed by atoms with Gasteiger partial charge in [0, 0.05) is 6.07 Å². The highest BCUT2D eigenvalue weighted by Crippen LogP contribution is 2.39. The summed E-state index contributed by atoms with van der Waals surface area (Å²) >= 11 is 3.16. The first kappa shape index (κ1) is 24.3. The van der Waals surface area contributed by atoms with Gasteiger partial charge in [0.2, 0.25) is 11.6 Å². The number of ether oxygens (including phenoxy) is 1. The van der Waals surface area contributed by atoms with E-state index in [2.05, 4.69) is 21.0 Å². The van der Waals surface area contributed by atoms with Crippen LogP contribution in [0.5, 0.6) is 5.75 Å². The van der Waals surface area contributed by atoms with Crippen molar-refractivity contribution in [3.05, 3.63) is 66.9 Å². The first-order valence-corrected chi connectivity index (χ1v) is 9.92. The van der Waals surface area contributed by atoms with Crippen molar-refractivity contribution in [1.29, 1.82) is 0 Å². The van der Waals surface area contributed by atoms with Crippen LogP contribution < -0.4 is 9.75 Å². The number of nitro benzene ring substituents is 1. The molecule has 7 nitrogen and oxygen atoms in total. The monoisotopic (exact) mass is 533 g/mol. The second kappa shape index (κ2) is 8.89. The zero-order valence-electron chi connectivity index (χ0n) is 17.1. The molecular formula is C20H13BrF5N3O4. The van der Waals surface area contributed by atoms with Crippen molar-refractivity contribution >= 4 is 45.0 Å². The number of hydrogen-bond donors (Lipinski definition) is 0. The van der Waals surface area contributed by atoms with Gasteiger partial charge in [0.05, 0.1) is 26.8 Å². The van der Waals surface area contributed by atoms with E-state index in [1.54, 1.807) is 13.8 Å². The molecule has 0 bridgehead atoms. The minimum absolute atomic E-state index is 0.0525. The molecule has 0 N–H and O–H groups in total. The predicted octanol–water partition coefficient (Wildman–Crippen LogP) is 5.65. The number of carbonyl (C=O) groups excluding carboxylic acids is 1. The Balaban J connectivity index is 2.10. The summed E-state index contributed by atoms with van der Waals surface area (Å²) in [4.78, 5) is 23.5. The van der Waals surface area contributed by atoms with Crippen LogP contribution in [0.2, 0.25) is 0 Å². The Bertz CT molecular complexity index is 1230. The lowest BCUT2D eigenvalue weighted by atomic mass is 10.1. The number of halogens is 6. The van der Waals surface area contributed by atoms with E-state index in [1.807, 2.05) is 0 Å². The van der Waals surface area contributed by atoms with Crippen LogP contribution in [0.1, 0.15) is 26.3 Å². The van der Waals surface area contributed by atoms with Gasteiger partial charge in [-0.1, -0.05) is 0 Å². The van der Waals surface area contributed by atoms with Crippen LogP contribution >= 0.6 is 15.9 Å². The molecule has 0 unspecified atom stereocenters. The van der Waals surface area contributed by atoms with E-state index in [1.165, 1.54) is 13.0 Å². The van der Waals surface area contributed by atoms with Crippen molar-refractivity contribution in [3.63, 3.8) is 0 Å². The van der Waals surface area contributed by atoms with Crippen LogP contribution in [0.4, 0.5) is 33.3 Å². The lowest BCUT2D eigenvalue weighted by molar-refractivity contribution is -0.386. The van der Waals surface area contributed by atoms with Crippen LogP contribution in [-0.2, 0) is 4.79 Å². The van der Waals surface area contributed by atoms with Crippen LogP contribution in [0, 0.1) is 39.2 Å². The lowest BCUT2D eigenvalue weighted by Crippen LogP contribution is -2.25. The standard InChI is InChI=1S/C20H13BrF5N3O4/c1-7(2)33-19-11(21)5-9(6-12(19)29(31)32)4-10-8(3)27-28(20(10)30)18-16(25)14(23)13(22)15(24)17(18)26/h4-7H,1-3H3/b10-4-. The zero-order chi connectivity index (χ0) is 24.8. The van der Waals surface area contributed by atoms with Gasteiger partial charge < -0.3 is 4.74 Å². The molecule has 0 spiro atoms. The third kappa shape index (κ3) is 4.32. The molecule has 0 atom stereocenters. The molecule has 0 fully saturated rings. The third-order valence-corrected chi connectivity index (χ3v) is 4.96. The number of hydrazone groups is 1. The molecule has 1 amide bonds. The number of benzene rings is 2. The number of nitrogens with zero attached hydrogens (tertiary/aromatic N) is 3. The summed E-state index contributed by atoms with van der Waals surface area (Å²) in [5.74, 6) is -12.6. The van der Waals surface area contributed by atoms with Gasteiger partial charge in [-0.05, 0) is 54.4 Å². The smallest absolute Gasteiger partial charge is 0.312 e. The number of rotatable bonds is 5. The largest absolute Gasteiger partial charge is 0.483 e. The fraction of sp³-hybridized carbons (Fsp3) is 0.200. The van der Waals surface area contributed by atoms with E-state index in [9.17, 15) is 36.9 Å². The molecule has 3 rings (SSSR count).